The lowest BCUT2D eigenvalue weighted by Crippen LogP contribution is -2.42. The van der Waals surface area contributed by atoms with Crippen molar-refractivity contribution in [3.63, 3.8) is 0 Å². The van der Waals surface area contributed by atoms with Gasteiger partial charge in [0.2, 0.25) is 0 Å². The first-order valence-electron chi connectivity index (χ1n) is 12.6. The maximum Gasteiger partial charge on any atom is 0.199 e. The van der Waals surface area contributed by atoms with Gasteiger partial charge in [-0.25, -0.2) is 13.8 Å². The molecule has 1 fully saturated rings. The van der Waals surface area contributed by atoms with Crippen LogP contribution in [0.4, 0.5) is 13.8 Å². The number of nitriles is 1. The van der Waals surface area contributed by atoms with Gasteiger partial charge in [-0.1, -0.05) is 25.5 Å². The summed E-state index contributed by atoms with van der Waals surface area (Å²) in [5, 5.41) is 13.5. The van der Waals surface area contributed by atoms with Gasteiger partial charge >= 0.3 is 0 Å². The lowest BCUT2D eigenvalue weighted by molar-refractivity contribution is 0.206. The Morgan fingerprint density at radius 1 is 1.41 bits per heavy atom. The Hall–Kier alpha value is -3.22. The number of aliphatic imine (C=N–C) groups is 1. The van der Waals surface area contributed by atoms with Crippen LogP contribution >= 0.6 is 11.3 Å². The van der Waals surface area contributed by atoms with Crippen LogP contribution in [-0.2, 0) is 4.74 Å². The molecule has 0 radical (unpaired) electrons. The predicted molar refractivity (Wildman–Crippen MR) is 145 cm³/mol. The zero-order valence-corrected chi connectivity index (χ0v) is 22.4. The van der Waals surface area contributed by atoms with Crippen molar-refractivity contribution in [1.29, 1.82) is 5.26 Å². The first kappa shape index (κ1) is 25.4. The number of fused-ring (bicyclic) bond motifs is 2. The number of nitrogens with zero attached hydrogens (tertiary/aromatic N) is 3. The van der Waals surface area contributed by atoms with E-state index in [9.17, 15) is 5.26 Å². The van der Waals surface area contributed by atoms with Crippen LogP contribution in [0.25, 0.3) is 11.4 Å². The van der Waals surface area contributed by atoms with Crippen molar-refractivity contribution >= 4 is 33.7 Å². The number of anilines is 1. The monoisotopic (exact) mass is 523 g/mol. The molecule has 0 aromatic carbocycles. The lowest BCUT2D eigenvalue weighted by atomic mass is 9.78. The molecule has 9 heteroatoms. The molecule has 4 aliphatic rings. The Balaban J connectivity index is 1.74. The fourth-order valence-electron chi connectivity index (χ4n) is 5.48. The number of likely N-dealkylation sites (tertiary alicyclic amines) is 1. The molecule has 5 rings (SSSR count). The first-order valence-corrected chi connectivity index (χ1v) is 13.5. The number of hydrogen-bond donors (Lipinski definition) is 2. The Morgan fingerprint density at radius 2 is 2.16 bits per heavy atom. The smallest absolute Gasteiger partial charge is 0.199 e. The van der Waals surface area contributed by atoms with E-state index in [4.69, 9.17) is 15.5 Å². The number of hydrogen-bond acceptors (Lipinski definition) is 7. The minimum Gasteiger partial charge on any atom is -0.389 e. The zero-order valence-electron chi connectivity index (χ0n) is 21.5. The Bertz CT molecular complexity index is 1390. The van der Waals surface area contributed by atoms with Gasteiger partial charge in [0.25, 0.3) is 0 Å². The summed E-state index contributed by atoms with van der Waals surface area (Å²) in [5.41, 5.74) is 10.8. The van der Waals surface area contributed by atoms with Crippen LogP contribution in [0.5, 0.6) is 0 Å². The minimum absolute atomic E-state index is 0.169. The number of nitrogens with one attached hydrogen (secondary N) is 1. The molecule has 4 heterocycles. The van der Waals surface area contributed by atoms with Crippen molar-refractivity contribution in [2.45, 2.75) is 46.6 Å². The van der Waals surface area contributed by atoms with Gasteiger partial charge in [0, 0.05) is 36.0 Å². The van der Waals surface area contributed by atoms with E-state index in [0.29, 0.717) is 41.6 Å². The highest BCUT2D eigenvalue weighted by Crippen LogP contribution is 2.51. The van der Waals surface area contributed by atoms with E-state index < -0.39 is 17.7 Å². The maximum atomic E-state index is 16.8. The number of rotatable bonds is 4. The number of nitrogen functional groups attached to an aromatic ring is 1. The molecule has 1 aromatic rings. The van der Waals surface area contributed by atoms with Crippen LogP contribution in [0, 0.1) is 17.2 Å². The standard InChI is InChI=1S/C28H31F2N5OS/c1-5-15(4)21(23-16(9-31)27(32)37-26(23)20(29)6-2)22-19-13-36-12-18(19)17-10-33-28(34-25(17)24(22)30)35-8-7-14(3)11-35/h6,10,14,25H,5,7-8,11-13,32H2,1-4H3,(H,33,34)/b20-6+,21-15+. The fraction of sp³-hybridized carbons (Fsp3) is 0.429. The molecule has 194 valence electrons. The van der Waals surface area contributed by atoms with E-state index in [1.54, 1.807) is 6.92 Å². The second-order valence-electron chi connectivity index (χ2n) is 9.91. The molecule has 3 N–H and O–H groups in total. The first-order chi connectivity index (χ1) is 17.8. The molecule has 0 saturated carbocycles. The van der Waals surface area contributed by atoms with Gasteiger partial charge in [-0.3, -0.25) is 0 Å². The van der Waals surface area contributed by atoms with Crippen LogP contribution in [-0.4, -0.2) is 43.2 Å². The van der Waals surface area contributed by atoms with E-state index >= 15 is 8.78 Å². The third-order valence-corrected chi connectivity index (χ3v) is 8.61. The topological polar surface area (TPSA) is 86.7 Å². The maximum absolute atomic E-state index is 16.8. The number of thiophene rings is 1. The zero-order chi connectivity index (χ0) is 26.4. The number of ether oxygens (including phenoxy) is 1. The van der Waals surface area contributed by atoms with Crippen LogP contribution in [0.2, 0.25) is 0 Å². The van der Waals surface area contributed by atoms with Gasteiger partial charge in [-0.15, -0.1) is 11.3 Å². The predicted octanol–water partition coefficient (Wildman–Crippen LogP) is 5.83. The normalized spacial score (nSPS) is 24.4. The summed E-state index contributed by atoms with van der Waals surface area (Å²) >= 11 is 1.01. The van der Waals surface area contributed by atoms with Crippen LogP contribution in [0.15, 0.2) is 51.0 Å². The Labute approximate surface area is 220 Å². The molecule has 37 heavy (non-hydrogen) atoms. The number of allylic oxidation sites excluding steroid dienone is 3. The van der Waals surface area contributed by atoms with Crippen LogP contribution in [0.1, 0.15) is 56.5 Å². The quantitative estimate of drug-likeness (QED) is 0.518. The van der Waals surface area contributed by atoms with E-state index in [2.05, 4.69) is 23.2 Å². The summed E-state index contributed by atoms with van der Waals surface area (Å²) in [6.07, 6.45) is 4.83. The van der Waals surface area contributed by atoms with Crippen molar-refractivity contribution < 1.29 is 13.5 Å². The van der Waals surface area contributed by atoms with Crippen molar-refractivity contribution in [3.05, 3.63) is 62.0 Å². The summed E-state index contributed by atoms with van der Waals surface area (Å²) in [5.74, 6) is 0.301. The van der Waals surface area contributed by atoms with Gasteiger partial charge in [0.15, 0.2) is 5.96 Å². The highest BCUT2D eigenvalue weighted by Gasteiger charge is 2.41. The molecule has 0 bridgehead atoms. The minimum atomic E-state index is -0.834. The second kappa shape index (κ2) is 9.92. The van der Waals surface area contributed by atoms with Gasteiger partial charge in [0.05, 0.1) is 23.7 Å². The van der Waals surface area contributed by atoms with Gasteiger partial charge in [-0.2, -0.15) is 5.26 Å². The van der Waals surface area contributed by atoms with Crippen molar-refractivity contribution in [3.8, 4) is 6.07 Å². The molecule has 2 atom stereocenters. The molecular formula is C28H31F2N5OS. The Kier molecular flexibility index (Phi) is 6.82. The molecule has 0 spiro atoms. The van der Waals surface area contributed by atoms with Crippen molar-refractivity contribution in [2.24, 2.45) is 10.9 Å². The third-order valence-electron chi connectivity index (χ3n) is 7.59. The number of nitrogens with two attached hydrogens (primary N) is 1. The van der Waals surface area contributed by atoms with Crippen LogP contribution in [0.3, 0.4) is 0 Å². The fourth-order valence-corrected chi connectivity index (χ4v) is 6.47. The summed E-state index contributed by atoms with van der Waals surface area (Å²) in [6, 6.07) is 1.32. The van der Waals surface area contributed by atoms with Crippen LogP contribution < -0.4 is 11.1 Å². The summed E-state index contributed by atoms with van der Waals surface area (Å²) in [4.78, 5) is 7.23. The molecule has 1 aliphatic carbocycles. The molecule has 1 saturated heterocycles. The largest absolute Gasteiger partial charge is 0.389 e. The summed E-state index contributed by atoms with van der Waals surface area (Å²) in [7, 11) is 0. The molecule has 1 aromatic heterocycles. The molecule has 0 amide bonds. The van der Waals surface area contributed by atoms with E-state index in [1.807, 2.05) is 20.0 Å². The number of guanidine groups is 1. The SMILES string of the molecule is C/C=C(/F)c1sc(N)c(C#N)c1/C(C1=C(F)C2N=C(N3CCC(C)C3)NC=C2C2=C1COC2)=C(\C)CC. The van der Waals surface area contributed by atoms with E-state index in [0.717, 1.165) is 53.1 Å². The number of halogens is 2. The molecule has 2 unspecified atom stereocenters. The highest BCUT2D eigenvalue weighted by molar-refractivity contribution is 7.17. The molecule has 6 nitrogen and oxygen atoms in total. The van der Waals surface area contributed by atoms with Crippen molar-refractivity contribution in [2.75, 3.05) is 32.0 Å². The average Bonchev–Trinajstić information content (AvgIpc) is 3.64. The van der Waals surface area contributed by atoms with Gasteiger partial charge in [0.1, 0.15) is 28.8 Å². The molecular weight excluding hydrogens is 492 g/mol. The Morgan fingerprint density at radius 3 is 2.81 bits per heavy atom. The average molecular weight is 524 g/mol. The van der Waals surface area contributed by atoms with Crippen molar-refractivity contribution in [1.82, 2.24) is 10.2 Å². The van der Waals surface area contributed by atoms with Gasteiger partial charge < -0.3 is 20.7 Å². The summed E-state index contributed by atoms with van der Waals surface area (Å²) in [6.45, 7) is 9.94. The second-order valence-corrected chi connectivity index (χ2v) is 11.0. The third kappa shape index (κ3) is 4.12. The van der Waals surface area contributed by atoms with E-state index in [1.165, 1.54) is 6.08 Å². The van der Waals surface area contributed by atoms with E-state index in [-0.39, 0.29) is 22.0 Å². The molecule has 3 aliphatic heterocycles. The van der Waals surface area contributed by atoms with Gasteiger partial charge in [-0.05, 0) is 49.3 Å². The lowest BCUT2D eigenvalue weighted by Gasteiger charge is -2.32. The highest BCUT2D eigenvalue weighted by atomic mass is 32.1. The summed E-state index contributed by atoms with van der Waals surface area (Å²) < 4.78 is 37.7.